The number of primary amides is 2. The highest BCUT2D eigenvalue weighted by Gasteiger charge is 2.23. The summed E-state index contributed by atoms with van der Waals surface area (Å²) in [5, 5.41) is 15.0. The number of hydrogen-bond donors (Lipinski definition) is 4. The highest BCUT2D eigenvalue weighted by Crippen LogP contribution is 2.24. The third-order valence-corrected chi connectivity index (χ3v) is 8.98. The molecule has 0 saturated carbocycles. The number of nitrogens with two attached hydrogens (primary N) is 2. The lowest BCUT2D eigenvalue weighted by Gasteiger charge is -2.10. The third kappa shape index (κ3) is 6.79. The van der Waals surface area contributed by atoms with Gasteiger partial charge in [-0.15, -0.1) is 0 Å². The molecule has 0 bridgehead atoms. The van der Waals surface area contributed by atoms with Crippen LogP contribution in [-0.2, 0) is 33.6 Å². The van der Waals surface area contributed by atoms with E-state index in [1.165, 1.54) is 0 Å². The Bertz CT molecular complexity index is 2340. The molecule has 0 aliphatic carbocycles. The van der Waals surface area contributed by atoms with Gasteiger partial charge in [-0.2, -0.15) is 10.2 Å². The van der Waals surface area contributed by atoms with Crippen LogP contribution >= 0.6 is 0 Å². The Morgan fingerprint density at radius 3 is 1.84 bits per heavy atom. The molecule has 4 amide bonds. The van der Waals surface area contributed by atoms with E-state index in [-0.39, 0.29) is 11.8 Å². The molecular weight excluding hydrogens is 652 g/mol. The number of fused-ring (bicyclic) bond motifs is 2. The Kier molecular flexibility index (Phi) is 9.41. The first-order valence-corrected chi connectivity index (χ1v) is 16.6. The van der Waals surface area contributed by atoms with E-state index in [9.17, 15) is 19.2 Å². The lowest BCUT2D eigenvalue weighted by molar-refractivity contribution is 0.0992. The molecule has 0 fully saturated rings. The van der Waals surface area contributed by atoms with Gasteiger partial charge in [-0.3, -0.25) is 39.2 Å². The van der Waals surface area contributed by atoms with Crippen LogP contribution in [0.2, 0.25) is 0 Å². The highest BCUT2D eigenvalue weighted by atomic mass is 16.2. The predicted molar refractivity (Wildman–Crippen MR) is 192 cm³/mol. The van der Waals surface area contributed by atoms with Crippen LogP contribution in [0.3, 0.4) is 0 Å². The standard InChI is InChI=1S/C35H40N12O4/c1-6-46-29(33(51)41-35-39-25-18-22(31(37)49)12-14-27(25)45(35)5)23(20(3)43-46)10-8-7-9-15-47-28(16-19(2)42-47)32(50)40-34-38-24-17-21(30(36)48)11-13-26(24)44(34)4/h11-14,16-18H,6-10,15H2,1-5H3,(H2,36,48)(H2,37,49)(H,38,40,50)(H,39,41,51). The average molecular weight is 693 g/mol. The van der Waals surface area contributed by atoms with Gasteiger partial charge in [-0.05, 0) is 82.5 Å². The van der Waals surface area contributed by atoms with Crippen molar-refractivity contribution >= 4 is 57.6 Å². The molecule has 16 heteroatoms. The molecule has 6 aromatic rings. The highest BCUT2D eigenvalue weighted by molar-refractivity contribution is 6.05. The van der Waals surface area contributed by atoms with Gasteiger partial charge in [0.1, 0.15) is 11.4 Å². The maximum atomic E-state index is 13.7. The van der Waals surface area contributed by atoms with E-state index in [2.05, 4.69) is 30.8 Å². The van der Waals surface area contributed by atoms with Crippen molar-refractivity contribution in [3.8, 4) is 0 Å². The summed E-state index contributed by atoms with van der Waals surface area (Å²) in [6.45, 7) is 6.70. The number of anilines is 2. The SMILES string of the molecule is CCn1nc(C)c(CCCCCn2nc(C)cc2C(=O)Nc2nc3cc(C(N)=O)ccc3n2C)c1C(=O)Nc1nc2cc(C(N)=O)ccc2n1C. The number of aromatic nitrogens is 8. The maximum Gasteiger partial charge on any atom is 0.276 e. The van der Waals surface area contributed by atoms with Crippen molar-refractivity contribution in [3.63, 3.8) is 0 Å². The summed E-state index contributed by atoms with van der Waals surface area (Å²) < 4.78 is 6.89. The molecule has 0 atom stereocenters. The number of amides is 4. The summed E-state index contributed by atoms with van der Waals surface area (Å²) in [4.78, 5) is 59.3. The second-order valence-corrected chi connectivity index (χ2v) is 12.5. The summed E-state index contributed by atoms with van der Waals surface area (Å²) in [7, 11) is 3.57. The monoisotopic (exact) mass is 692 g/mol. The first kappa shape index (κ1) is 34.5. The van der Waals surface area contributed by atoms with Crippen LogP contribution in [0, 0.1) is 13.8 Å². The Balaban J connectivity index is 1.09. The minimum Gasteiger partial charge on any atom is -0.366 e. The fraction of sp³-hybridized carbons (Fsp3) is 0.314. The Morgan fingerprint density at radius 2 is 1.29 bits per heavy atom. The van der Waals surface area contributed by atoms with Crippen molar-refractivity contribution in [1.82, 2.24) is 38.7 Å². The van der Waals surface area contributed by atoms with Gasteiger partial charge in [0, 0.05) is 43.9 Å². The summed E-state index contributed by atoms with van der Waals surface area (Å²) in [6, 6.07) is 11.7. The zero-order valence-corrected chi connectivity index (χ0v) is 29.1. The van der Waals surface area contributed by atoms with Gasteiger partial charge in [-0.25, -0.2) is 9.97 Å². The molecule has 0 aliphatic heterocycles. The number of nitrogens with zero attached hydrogens (tertiary/aromatic N) is 8. The quantitative estimate of drug-likeness (QED) is 0.131. The smallest absolute Gasteiger partial charge is 0.276 e. The number of hydrogen-bond acceptors (Lipinski definition) is 8. The topological polar surface area (TPSA) is 216 Å². The van der Waals surface area contributed by atoms with E-state index in [0.717, 1.165) is 41.6 Å². The van der Waals surface area contributed by atoms with Gasteiger partial charge in [0.25, 0.3) is 11.8 Å². The molecule has 0 radical (unpaired) electrons. The lowest BCUT2D eigenvalue weighted by atomic mass is 10.0. The summed E-state index contributed by atoms with van der Waals surface area (Å²) in [5.74, 6) is -1.11. The van der Waals surface area contributed by atoms with Gasteiger partial charge in [0.05, 0.1) is 33.5 Å². The molecule has 0 saturated heterocycles. The van der Waals surface area contributed by atoms with E-state index in [4.69, 9.17) is 11.5 Å². The second-order valence-electron chi connectivity index (χ2n) is 12.5. The molecule has 264 valence electrons. The fourth-order valence-corrected chi connectivity index (χ4v) is 6.30. The molecule has 2 aromatic carbocycles. The Hall–Kier alpha value is -6.32. The van der Waals surface area contributed by atoms with Gasteiger partial charge in [-0.1, -0.05) is 6.42 Å². The van der Waals surface area contributed by atoms with Crippen LogP contribution in [0.25, 0.3) is 22.1 Å². The van der Waals surface area contributed by atoms with Gasteiger partial charge in [0.2, 0.25) is 23.7 Å². The van der Waals surface area contributed by atoms with Crippen LogP contribution in [0.4, 0.5) is 11.9 Å². The van der Waals surface area contributed by atoms with Crippen molar-refractivity contribution < 1.29 is 19.2 Å². The van der Waals surface area contributed by atoms with E-state index < -0.39 is 11.8 Å². The molecule has 4 heterocycles. The van der Waals surface area contributed by atoms with Crippen LogP contribution in [0.1, 0.15) is 84.8 Å². The maximum absolute atomic E-state index is 13.7. The molecule has 6 rings (SSSR count). The molecule has 51 heavy (non-hydrogen) atoms. The Labute approximate surface area is 292 Å². The van der Waals surface area contributed by atoms with Crippen molar-refractivity contribution in [2.24, 2.45) is 25.6 Å². The average Bonchev–Trinajstić information content (AvgIpc) is 3.82. The number of carbonyl (C=O) groups is 4. The van der Waals surface area contributed by atoms with Gasteiger partial charge < -0.3 is 20.6 Å². The molecule has 0 spiro atoms. The minimum atomic E-state index is -0.553. The number of carbonyl (C=O) groups excluding carboxylic acids is 4. The predicted octanol–water partition coefficient (Wildman–Crippen LogP) is 3.61. The second kappa shape index (κ2) is 13.9. The molecule has 6 N–H and O–H groups in total. The van der Waals surface area contributed by atoms with E-state index in [1.807, 2.05) is 20.8 Å². The number of aryl methyl sites for hydroxylation is 6. The minimum absolute atomic E-state index is 0.322. The zero-order valence-electron chi connectivity index (χ0n) is 29.1. The fourth-order valence-electron chi connectivity index (χ4n) is 6.30. The van der Waals surface area contributed by atoms with Crippen molar-refractivity contribution in [2.45, 2.75) is 59.5 Å². The van der Waals surface area contributed by atoms with Crippen molar-refractivity contribution in [1.29, 1.82) is 0 Å². The van der Waals surface area contributed by atoms with Crippen LogP contribution in [0.15, 0.2) is 42.5 Å². The summed E-state index contributed by atoms with van der Waals surface area (Å²) in [6.07, 6.45) is 2.99. The van der Waals surface area contributed by atoms with Gasteiger partial charge >= 0.3 is 0 Å². The normalized spacial score (nSPS) is 11.4. The van der Waals surface area contributed by atoms with Crippen LogP contribution < -0.4 is 22.1 Å². The lowest BCUT2D eigenvalue weighted by Crippen LogP contribution is -2.21. The number of imidazole rings is 2. The van der Waals surface area contributed by atoms with E-state index >= 15 is 0 Å². The largest absolute Gasteiger partial charge is 0.366 e. The molecule has 16 nitrogen and oxygen atoms in total. The number of rotatable bonds is 13. The molecule has 0 unspecified atom stereocenters. The number of unbranched alkanes of at least 4 members (excludes halogenated alkanes) is 2. The van der Waals surface area contributed by atoms with Crippen LogP contribution in [-0.4, -0.2) is 62.3 Å². The van der Waals surface area contributed by atoms with E-state index in [1.54, 1.807) is 75.1 Å². The summed E-state index contributed by atoms with van der Waals surface area (Å²) in [5.41, 5.74) is 17.3. The number of nitrogens with one attached hydrogen (secondary N) is 2. The van der Waals surface area contributed by atoms with Crippen LogP contribution in [0.5, 0.6) is 0 Å². The van der Waals surface area contributed by atoms with Crippen molar-refractivity contribution in [2.75, 3.05) is 10.6 Å². The molecule has 0 aliphatic rings. The van der Waals surface area contributed by atoms with E-state index in [0.29, 0.717) is 70.6 Å². The first-order chi connectivity index (χ1) is 24.4. The number of benzene rings is 2. The third-order valence-electron chi connectivity index (χ3n) is 8.98. The molecular formula is C35H40N12O4. The van der Waals surface area contributed by atoms with Gasteiger partial charge in [0.15, 0.2) is 0 Å². The first-order valence-electron chi connectivity index (χ1n) is 16.6. The molecule has 4 aromatic heterocycles. The zero-order chi connectivity index (χ0) is 36.6. The Morgan fingerprint density at radius 1 is 0.725 bits per heavy atom. The summed E-state index contributed by atoms with van der Waals surface area (Å²) >= 11 is 0. The van der Waals surface area contributed by atoms with Crippen molar-refractivity contribution in [3.05, 3.63) is 81.9 Å².